The van der Waals surface area contributed by atoms with Gasteiger partial charge in [0.2, 0.25) is 0 Å². The highest BCUT2D eigenvalue weighted by Gasteiger charge is 2.19. The Morgan fingerprint density at radius 2 is 2.00 bits per heavy atom. The van der Waals surface area contributed by atoms with E-state index in [-0.39, 0.29) is 6.09 Å². The molecule has 0 unspecified atom stereocenters. The van der Waals surface area contributed by atoms with Gasteiger partial charge in [0.05, 0.1) is 6.54 Å². The summed E-state index contributed by atoms with van der Waals surface area (Å²) < 4.78 is 5.38. The van der Waals surface area contributed by atoms with E-state index in [0.717, 1.165) is 30.3 Å². The Morgan fingerprint density at radius 1 is 1.16 bits per heavy atom. The van der Waals surface area contributed by atoms with Crippen molar-refractivity contribution in [2.45, 2.75) is 19.4 Å². The Bertz CT molecular complexity index is 583. The molecule has 0 bridgehead atoms. The predicted octanol–water partition coefficient (Wildman–Crippen LogP) is 3.73. The predicted molar refractivity (Wildman–Crippen MR) is 74.4 cm³/mol. The van der Waals surface area contributed by atoms with Gasteiger partial charge in [-0.15, -0.1) is 0 Å². The standard InChI is InChI=1S/C16H16NO2/c18-16(17-10-3-4-11-17)19-12-14-8-5-7-13-6-1-2-9-15(13)14/h1-2,5-10H,3-4,11-12H2. The van der Waals surface area contributed by atoms with E-state index < -0.39 is 0 Å². The minimum atomic E-state index is -0.245. The Kier molecular flexibility index (Phi) is 3.36. The first-order valence-corrected chi connectivity index (χ1v) is 6.58. The van der Waals surface area contributed by atoms with Gasteiger partial charge in [-0.3, -0.25) is 0 Å². The topological polar surface area (TPSA) is 29.5 Å². The van der Waals surface area contributed by atoms with Crippen molar-refractivity contribution >= 4 is 16.9 Å². The monoisotopic (exact) mass is 254 g/mol. The number of benzene rings is 2. The average Bonchev–Trinajstić information content (AvgIpc) is 2.99. The third kappa shape index (κ3) is 2.55. The maximum atomic E-state index is 11.8. The molecule has 1 aliphatic rings. The van der Waals surface area contributed by atoms with E-state index in [1.165, 1.54) is 5.39 Å². The molecule has 1 heterocycles. The molecule has 2 aromatic carbocycles. The second-order valence-corrected chi connectivity index (χ2v) is 4.71. The summed E-state index contributed by atoms with van der Waals surface area (Å²) in [6, 6.07) is 14.2. The number of hydrogen-bond acceptors (Lipinski definition) is 2. The van der Waals surface area contributed by atoms with E-state index in [1.807, 2.05) is 30.8 Å². The number of nitrogens with zero attached hydrogens (tertiary/aromatic N) is 1. The minimum Gasteiger partial charge on any atom is -0.445 e. The second-order valence-electron chi connectivity index (χ2n) is 4.71. The first kappa shape index (κ1) is 12.0. The maximum Gasteiger partial charge on any atom is 0.410 e. The summed E-state index contributed by atoms with van der Waals surface area (Å²) in [7, 11) is 0. The highest BCUT2D eigenvalue weighted by atomic mass is 16.6. The van der Waals surface area contributed by atoms with Gasteiger partial charge in [-0.1, -0.05) is 42.5 Å². The van der Waals surface area contributed by atoms with E-state index >= 15 is 0 Å². The zero-order valence-electron chi connectivity index (χ0n) is 10.7. The molecule has 0 aliphatic carbocycles. The normalized spacial score (nSPS) is 14.8. The molecule has 19 heavy (non-hydrogen) atoms. The number of carbonyl (C=O) groups is 1. The SMILES string of the molecule is O=C(OCc1cccc2ccccc12)N1[CH]CCC1. The van der Waals surface area contributed by atoms with Crippen molar-refractivity contribution in [1.29, 1.82) is 0 Å². The summed E-state index contributed by atoms with van der Waals surface area (Å²) in [6.45, 7) is 3.00. The second kappa shape index (κ2) is 5.31. The Hall–Kier alpha value is -2.03. The van der Waals surface area contributed by atoms with Gasteiger partial charge in [-0.2, -0.15) is 0 Å². The van der Waals surface area contributed by atoms with Crippen LogP contribution in [0.2, 0.25) is 0 Å². The summed E-state index contributed by atoms with van der Waals surface area (Å²) in [6.07, 6.45) is 1.75. The Balaban J connectivity index is 1.73. The van der Waals surface area contributed by atoms with Crippen LogP contribution in [-0.4, -0.2) is 17.5 Å². The zero-order chi connectivity index (χ0) is 13.1. The van der Waals surface area contributed by atoms with Gasteiger partial charge >= 0.3 is 6.09 Å². The molecule has 2 aromatic rings. The van der Waals surface area contributed by atoms with Crippen LogP contribution in [0.5, 0.6) is 0 Å². The van der Waals surface area contributed by atoms with E-state index in [4.69, 9.17) is 4.74 Å². The van der Waals surface area contributed by atoms with Gasteiger partial charge in [0.1, 0.15) is 6.61 Å². The van der Waals surface area contributed by atoms with Crippen LogP contribution in [0, 0.1) is 6.54 Å². The molecule has 0 spiro atoms. The molecule has 1 radical (unpaired) electrons. The number of amides is 1. The number of likely N-dealkylation sites (tertiary alicyclic amines) is 1. The lowest BCUT2D eigenvalue weighted by Gasteiger charge is -2.15. The molecular formula is C16H16NO2. The van der Waals surface area contributed by atoms with Crippen LogP contribution in [0.1, 0.15) is 18.4 Å². The van der Waals surface area contributed by atoms with Crippen molar-refractivity contribution in [2.75, 3.05) is 6.54 Å². The highest BCUT2D eigenvalue weighted by Crippen LogP contribution is 2.20. The smallest absolute Gasteiger partial charge is 0.410 e. The highest BCUT2D eigenvalue weighted by molar-refractivity contribution is 5.85. The van der Waals surface area contributed by atoms with Crippen LogP contribution < -0.4 is 0 Å². The molecule has 1 saturated heterocycles. The van der Waals surface area contributed by atoms with Crippen molar-refractivity contribution in [3.63, 3.8) is 0 Å². The van der Waals surface area contributed by atoms with Crippen LogP contribution in [0.15, 0.2) is 42.5 Å². The number of hydrogen-bond donors (Lipinski definition) is 0. The van der Waals surface area contributed by atoms with Crippen molar-refractivity contribution in [3.8, 4) is 0 Å². The number of rotatable bonds is 2. The number of ether oxygens (including phenoxy) is 1. The quantitative estimate of drug-likeness (QED) is 0.817. The van der Waals surface area contributed by atoms with Crippen molar-refractivity contribution in [1.82, 2.24) is 4.90 Å². The van der Waals surface area contributed by atoms with Crippen LogP contribution in [0.4, 0.5) is 4.79 Å². The van der Waals surface area contributed by atoms with Crippen molar-refractivity contribution in [3.05, 3.63) is 54.6 Å². The summed E-state index contributed by atoms with van der Waals surface area (Å²) in [5.41, 5.74) is 1.05. The fourth-order valence-electron chi connectivity index (χ4n) is 2.41. The summed E-state index contributed by atoms with van der Waals surface area (Å²) >= 11 is 0. The average molecular weight is 254 g/mol. The van der Waals surface area contributed by atoms with Gasteiger partial charge in [-0.05, 0) is 29.2 Å². The van der Waals surface area contributed by atoms with Crippen LogP contribution in [0.3, 0.4) is 0 Å². The molecule has 1 aliphatic heterocycles. The molecular weight excluding hydrogens is 238 g/mol. The lowest BCUT2D eigenvalue weighted by atomic mass is 10.1. The lowest BCUT2D eigenvalue weighted by Crippen LogP contribution is -2.25. The molecule has 97 valence electrons. The van der Waals surface area contributed by atoms with Gasteiger partial charge in [0.15, 0.2) is 0 Å². The first-order valence-electron chi connectivity index (χ1n) is 6.58. The number of fused-ring (bicyclic) bond motifs is 1. The molecule has 1 fully saturated rings. The molecule has 0 saturated carbocycles. The van der Waals surface area contributed by atoms with Gasteiger partial charge < -0.3 is 9.64 Å². The van der Waals surface area contributed by atoms with Crippen molar-refractivity contribution < 1.29 is 9.53 Å². The summed E-state index contributed by atoms with van der Waals surface area (Å²) in [4.78, 5) is 13.5. The molecule has 0 aromatic heterocycles. The molecule has 3 rings (SSSR count). The van der Waals surface area contributed by atoms with Gasteiger partial charge in [-0.25, -0.2) is 4.79 Å². The molecule has 0 atom stereocenters. The minimum absolute atomic E-state index is 0.245. The largest absolute Gasteiger partial charge is 0.445 e. The van der Waals surface area contributed by atoms with E-state index in [9.17, 15) is 4.79 Å². The van der Waals surface area contributed by atoms with Crippen LogP contribution >= 0.6 is 0 Å². The zero-order valence-corrected chi connectivity index (χ0v) is 10.7. The Morgan fingerprint density at radius 3 is 2.84 bits per heavy atom. The van der Waals surface area contributed by atoms with Crippen molar-refractivity contribution in [2.24, 2.45) is 0 Å². The van der Waals surface area contributed by atoms with Crippen LogP contribution in [0.25, 0.3) is 10.8 Å². The lowest BCUT2D eigenvalue weighted by molar-refractivity contribution is 0.111. The third-order valence-corrected chi connectivity index (χ3v) is 3.42. The molecule has 3 heteroatoms. The molecule has 3 nitrogen and oxygen atoms in total. The van der Waals surface area contributed by atoms with E-state index in [2.05, 4.69) is 18.2 Å². The van der Waals surface area contributed by atoms with E-state index in [0.29, 0.717) is 6.61 Å². The van der Waals surface area contributed by atoms with E-state index in [1.54, 1.807) is 4.90 Å². The van der Waals surface area contributed by atoms with Crippen LogP contribution in [-0.2, 0) is 11.3 Å². The molecule has 1 amide bonds. The van der Waals surface area contributed by atoms with Gasteiger partial charge in [0, 0.05) is 6.54 Å². The fraction of sp³-hybridized carbons (Fsp3) is 0.250. The molecule has 0 N–H and O–H groups in total. The fourth-order valence-corrected chi connectivity index (χ4v) is 2.41. The maximum absolute atomic E-state index is 11.8. The first-order chi connectivity index (χ1) is 9.34. The summed E-state index contributed by atoms with van der Waals surface area (Å²) in [5, 5.41) is 2.31. The summed E-state index contributed by atoms with van der Waals surface area (Å²) in [5.74, 6) is 0. The number of carbonyl (C=O) groups excluding carboxylic acids is 1. The van der Waals surface area contributed by atoms with Gasteiger partial charge in [0.25, 0.3) is 0 Å². The Labute approximate surface area is 112 Å². The third-order valence-electron chi connectivity index (χ3n) is 3.42.